The zero-order valence-corrected chi connectivity index (χ0v) is 8.04. The van der Waals surface area contributed by atoms with Gasteiger partial charge < -0.3 is 5.32 Å². The van der Waals surface area contributed by atoms with E-state index in [1.54, 1.807) is 0 Å². The Kier molecular flexibility index (Phi) is 4.49. The van der Waals surface area contributed by atoms with Gasteiger partial charge in [-0.2, -0.15) is 11.8 Å². The molecule has 1 heterocycles. The van der Waals surface area contributed by atoms with Gasteiger partial charge in [-0.3, -0.25) is 0 Å². The molecule has 1 aromatic heterocycles. The summed E-state index contributed by atoms with van der Waals surface area (Å²) < 4.78 is 3.77. The van der Waals surface area contributed by atoms with Crippen LogP contribution in [-0.2, 0) is 6.54 Å². The summed E-state index contributed by atoms with van der Waals surface area (Å²) in [5.74, 6) is 1.15. The minimum Gasteiger partial charge on any atom is -0.310 e. The molecule has 5 heteroatoms. The quantitative estimate of drug-likeness (QED) is 0.701. The smallest absolute Gasteiger partial charge is 0.0893 e. The van der Waals surface area contributed by atoms with Crippen LogP contribution in [0.5, 0.6) is 0 Å². The van der Waals surface area contributed by atoms with Crippen LogP contribution in [0, 0.1) is 0 Å². The molecule has 0 atom stereocenters. The third kappa shape index (κ3) is 3.69. The minimum absolute atomic E-state index is 0.844. The van der Waals surface area contributed by atoms with E-state index in [0.717, 1.165) is 24.5 Å². The Morgan fingerprint density at radius 3 is 3.27 bits per heavy atom. The van der Waals surface area contributed by atoms with Gasteiger partial charge in [0.2, 0.25) is 0 Å². The Balaban J connectivity index is 2.04. The molecule has 3 nitrogen and oxygen atoms in total. The molecule has 11 heavy (non-hydrogen) atoms. The molecule has 0 amide bonds. The van der Waals surface area contributed by atoms with Crippen LogP contribution < -0.4 is 5.32 Å². The Morgan fingerprint density at radius 2 is 2.64 bits per heavy atom. The van der Waals surface area contributed by atoms with Crippen molar-refractivity contribution in [1.29, 1.82) is 0 Å². The summed E-state index contributed by atoms with van der Waals surface area (Å²) >= 11 is 3.24. The van der Waals surface area contributed by atoms with Crippen LogP contribution in [-0.4, -0.2) is 28.1 Å². The van der Waals surface area contributed by atoms with E-state index in [-0.39, 0.29) is 0 Å². The summed E-state index contributed by atoms with van der Waals surface area (Å²) in [5, 5.41) is 9.15. The number of rotatable bonds is 5. The van der Waals surface area contributed by atoms with Crippen LogP contribution in [0.2, 0.25) is 0 Å². The van der Waals surface area contributed by atoms with Gasteiger partial charge in [0.25, 0.3) is 0 Å². The van der Waals surface area contributed by atoms with Crippen LogP contribution in [0.25, 0.3) is 0 Å². The highest BCUT2D eigenvalue weighted by atomic mass is 32.2. The lowest BCUT2D eigenvalue weighted by Gasteiger charge is -1.98. The maximum absolute atomic E-state index is 3.91. The monoisotopic (exact) mass is 189 g/mol. The first-order valence-corrected chi connectivity index (χ1v) is 5.62. The minimum atomic E-state index is 0.844. The van der Waals surface area contributed by atoms with E-state index in [2.05, 4.69) is 21.2 Å². The fraction of sp³-hybridized carbons (Fsp3) is 0.667. The molecule has 0 saturated heterocycles. The van der Waals surface area contributed by atoms with Crippen molar-refractivity contribution in [3.63, 3.8) is 0 Å². The number of hydrogen-bond donors (Lipinski definition) is 1. The van der Waals surface area contributed by atoms with Gasteiger partial charge in [-0.05, 0) is 17.8 Å². The first kappa shape index (κ1) is 8.96. The maximum Gasteiger partial charge on any atom is 0.0893 e. The largest absolute Gasteiger partial charge is 0.310 e. The number of aromatic nitrogens is 2. The summed E-state index contributed by atoms with van der Waals surface area (Å²) in [6.07, 6.45) is 2.10. The third-order valence-electron chi connectivity index (χ3n) is 1.19. The van der Waals surface area contributed by atoms with Crippen molar-refractivity contribution in [2.45, 2.75) is 6.54 Å². The van der Waals surface area contributed by atoms with E-state index in [1.165, 1.54) is 11.5 Å². The van der Waals surface area contributed by atoms with Gasteiger partial charge >= 0.3 is 0 Å². The maximum atomic E-state index is 3.91. The number of thioether (sulfide) groups is 1. The molecule has 0 aliphatic carbocycles. The average molecular weight is 189 g/mol. The first-order chi connectivity index (χ1) is 5.43. The van der Waals surface area contributed by atoms with Crippen molar-refractivity contribution in [1.82, 2.24) is 14.9 Å². The van der Waals surface area contributed by atoms with Crippen LogP contribution >= 0.6 is 23.3 Å². The Hall–Kier alpha value is -0.130. The van der Waals surface area contributed by atoms with Crippen LogP contribution in [0.1, 0.15) is 5.69 Å². The van der Waals surface area contributed by atoms with Gasteiger partial charge in [-0.25, -0.2) is 0 Å². The molecule has 0 bridgehead atoms. The molecule has 0 fully saturated rings. The Labute approximate surface area is 74.8 Å². The summed E-state index contributed by atoms with van der Waals surface area (Å²) in [7, 11) is 0. The second-order valence-electron chi connectivity index (χ2n) is 2.07. The van der Waals surface area contributed by atoms with Crippen molar-refractivity contribution in [3.05, 3.63) is 11.1 Å². The normalized spacial score (nSPS) is 10.3. The lowest BCUT2D eigenvalue weighted by atomic mass is 10.5. The van der Waals surface area contributed by atoms with Crippen molar-refractivity contribution in [2.75, 3.05) is 18.6 Å². The SMILES string of the molecule is CSCCNCc1csnn1. The van der Waals surface area contributed by atoms with E-state index < -0.39 is 0 Å². The summed E-state index contributed by atoms with van der Waals surface area (Å²) in [6.45, 7) is 1.88. The second-order valence-corrected chi connectivity index (χ2v) is 3.66. The lowest BCUT2D eigenvalue weighted by Crippen LogP contribution is -2.16. The number of hydrogen-bond acceptors (Lipinski definition) is 5. The molecular formula is C6H11N3S2. The van der Waals surface area contributed by atoms with Crippen LogP contribution in [0.15, 0.2) is 5.38 Å². The average Bonchev–Trinajstić information content (AvgIpc) is 2.50. The highest BCUT2D eigenvalue weighted by Gasteiger charge is 1.93. The Morgan fingerprint density at radius 1 is 1.73 bits per heavy atom. The number of nitrogens with zero attached hydrogens (tertiary/aromatic N) is 2. The summed E-state index contributed by atoms with van der Waals surface area (Å²) in [5.41, 5.74) is 1.04. The van der Waals surface area contributed by atoms with Crippen molar-refractivity contribution in [3.8, 4) is 0 Å². The third-order valence-corrected chi connectivity index (χ3v) is 2.36. The molecule has 0 aromatic carbocycles. The molecule has 1 aromatic rings. The molecule has 0 saturated carbocycles. The topological polar surface area (TPSA) is 37.8 Å². The molecule has 1 N–H and O–H groups in total. The molecule has 0 aliphatic rings. The van der Waals surface area contributed by atoms with Gasteiger partial charge in [0, 0.05) is 24.2 Å². The number of nitrogens with one attached hydrogen (secondary N) is 1. The lowest BCUT2D eigenvalue weighted by molar-refractivity contribution is 0.713. The molecule has 0 spiro atoms. The summed E-state index contributed by atoms with van der Waals surface area (Å²) in [4.78, 5) is 0. The molecular weight excluding hydrogens is 178 g/mol. The standard InChI is InChI=1S/C6H11N3S2/c1-10-3-2-7-4-6-5-11-9-8-6/h5,7H,2-4H2,1H3. The van der Waals surface area contributed by atoms with Crippen LogP contribution in [0.3, 0.4) is 0 Å². The van der Waals surface area contributed by atoms with E-state index in [9.17, 15) is 0 Å². The van der Waals surface area contributed by atoms with Crippen LogP contribution in [0.4, 0.5) is 0 Å². The van der Waals surface area contributed by atoms with E-state index >= 15 is 0 Å². The fourth-order valence-corrected chi connectivity index (χ4v) is 1.45. The summed E-state index contributed by atoms with van der Waals surface area (Å²) in [6, 6.07) is 0. The highest BCUT2D eigenvalue weighted by molar-refractivity contribution is 7.98. The highest BCUT2D eigenvalue weighted by Crippen LogP contribution is 1.95. The molecule has 0 unspecified atom stereocenters. The van der Waals surface area contributed by atoms with Gasteiger partial charge in [-0.1, -0.05) is 4.49 Å². The van der Waals surface area contributed by atoms with Gasteiger partial charge in [0.15, 0.2) is 0 Å². The van der Waals surface area contributed by atoms with Gasteiger partial charge in [0.05, 0.1) is 5.69 Å². The van der Waals surface area contributed by atoms with E-state index in [0.29, 0.717) is 0 Å². The van der Waals surface area contributed by atoms with E-state index in [1.807, 2.05) is 17.1 Å². The zero-order chi connectivity index (χ0) is 7.94. The predicted octanol–water partition coefficient (Wildman–Crippen LogP) is 0.991. The molecule has 62 valence electrons. The van der Waals surface area contributed by atoms with E-state index in [4.69, 9.17) is 0 Å². The molecule has 1 rings (SSSR count). The van der Waals surface area contributed by atoms with Crippen molar-refractivity contribution >= 4 is 23.3 Å². The molecule has 0 radical (unpaired) electrons. The Bertz CT molecular complexity index is 176. The van der Waals surface area contributed by atoms with Gasteiger partial charge in [-0.15, -0.1) is 5.10 Å². The fourth-order valence-electron chi connectivity index (χ4n) is 0.652. The molecule has 0 aliphatic heterocycles. The predicted molar refractivity (Wildman–Crippen MR) is 50.0 cm³/mol. The van der Waals surface area contributed by atoms with Crippen molar-refractivity contribution in [2.24, 2.45) is 0 Å². The van der Waals surface area contributed by atoms with Crippen molar-refractivity contribution < 1.29 is 0 Å². The zero-order valence-electron chi connectivity index (χ0n) is 6.41. The second kappa shape index (κ2) is 5.51. The first-order valence-electron chi connectivity index (χ1n) is 3.39. The van der Waals surface area contributed by atoms with Gasteiger partial charge in [0.1, 0.15) is 0 Å².